The van der Waals surface area contributed by atoms with Gasteiger partial charge in [0.2, 0.25) is 0 Å². The van der Waals surface area contributed by atoms with Gasteiger partial charge >= 0.3 is 87.2 Å². The first-order chi connectivity index (χ1) is 5.55. The second-order valence-electron chi connectivity index (χ2n) is 3.05. The quantitative estimate of drug-likeness (QED) is 0.473. The van der Waals surface area contributed by atoms with Gasteiger partial charge < -0.3 is 0 Å². The number of thiol groups is 1. The maximum atomic E-state index is 4.73. The van der Waals surface area contributed by atoms with E-state index in [1.807, 2.05) is 6.07 Å². The third-order valence-corrected chi connectivity index (χ3v) is 10.3. The Kier molecular flexibility index (Phi) is 3.67. The van der Waals surface area contributed by atoms with Crippen molar-refractivity contribution in [3.8, 4) is 0 Å². The van der Waals surface area contributed by atoms with Crippen molar-refractivity contribution in [2.75, 3.05) is 0 Å². The van der Waals surface area contributed by atoms with Gasteiger partial charge in [-0.3, -0.25) is 0 Å². The average Bonchev–Trinajstić information content (AvgIpc) is 2.06. The Morgan fingerprint density at radius 3 is 2.17 bits per heavy atom. The van der Waals surface area contributed by atoms with Crippen LogP contribution in [-0.2, 0) is 0 Å². The fourth-order valence-corrected chi connectivity index (χ4v) is 3.30. The molecule has 1 rings (SSSR count). The van der Waals surface area contributed by atoms with E-state index in [9.17, 15) is 0 Å². The van der Waals surface area contributed by atoms with Crippen molar-refractivity contribution in [1.29, 1.82) is 0 Å². The predicted molar refractivity (Wildman–Crippen MR) is 62.9 cm³/mol. The first-order valence-electron chi connectivity index (χ1n) is 3.93. The summed E-state index contributed by atoms with van der Waals surface area (Å²) in [7, 11) is 0. The molecule has 0 radical (unpaired) electrons. The number of hydrogen-bond acceptors (Lipinski definition) is 1. The monoisotopic (exact) mass is 264 g/mol. The molecule has 66 valence electrons. The molecule has 0 amide bonds. The normalized spacial score (nSPS) is 16.0. The van der Waals surface area contributed by atoms with Gasteiger partial charge in [-0.2, -0.15) is 0 Å². The summed E-state index contributed by atoms with van der Waals surface area (Å²) >= 11 is 7.97. The van der Waals surface area contributed by atoms with E-state index < -0.39 is 4.71 Å². The number of hydrogen-bond donors (Lipinski definition) is 1. The van der Waals surface area contributed by atoms with Gasteiger partial charge in [-0.1, -0.05) is 0 Å². The van der Waals surface area contributed by atoms with Crippen LogP contribution in [0.3, 0.4) is 0 Å². The molecule has 0 saturated carbocycles. The molecule has 1 aromatic carbocycles. The van der Waals surface area contributed by atoms with Crippen molar-refractivity contribution >= 4 is 37.4 Å². The minimum atomic E-state index is -1.30. The molecule has 0 fully saturated rings. The molecule has 0 spiro atoms. The molecule has 1 atom stereocenters. The molecule has 0 aliphatic rings. The molecule has 3 heteroatoms. The van der Waals surface area contributed by atoms with Crippen molar-refractivity contribution in [3.63, 3.8) is 0 Å². The molecular formula is C9H13PSSe. The fourth-order valence-electron chi connectivity index (χ4n) is 0.940. The van der Waals surface area contributed by atoms with Crippen LogP contribution in [0.15, 0.2) is 30.3 Å². The Morgan fingerprint density at radius 1 is 1.25 bits per heavy atom. The van der Waals surface area contributed by atoms with Crippen molar-refractivity contribution in [2.24, 2.45) is 0 Å². The summed E-state index contributed by atoms with van der Waals surface area (Å²) in [5, 5.41) is 1.35. The van der Waals surface area contributed by atoms with E-state index in [1.165, 1.54) is 5.30 Å². The average molecular weight is 263 g/mol. The van der Waals surface area contributed by atoms with Crippen LogP contribution in [0.5, 0.6) is 0 Å². The first kappa shape index (κ1) is 10.6. The maximum absolute atomic E-state index is 4.73. The zero-order valence-corrected chi connectivity index (χ0v) is 10.8. The van der Waals surface area contributed by atoms with Crippen LogP contribution < -0.4 is 5.30 Å². The van der Waals surface area contributed by atoms with Crippen LogP contribution >= 0.6 is 17.0 Å². The van der Waals surface area contributed by atoms with Gasteiger partial charge in [-0.15, -0.1) is 0 Å². The summed E-state index contributed by atoms with van der Waals surface area (Å²) in [6.45, 7) is 4.43. The van der Waals surface area contributed by atoms with Crippen molar-refractivity contribution in [2.45, 2.75) is 19.5 Å². The predicted octanol–water partition coefficient (Wildman–Crippen LogP) is 2.67. The SMILES string of the molecule is CC(C)P(S)(=[Se])c1ccccc1. The molecule has 0 bridgehead atoms. The first-order valence-corrected chi connectivity index (χ1v) is 9.16. The Bertz CT molecular complexity index is 295. The third kappa shape index (κ3) is 2.26. The molecule has 0 saturated heterocycles. The van der Waals surface area contributed by atoms with Crippen LogP contribution in [-0.4, -0.2) is 20.8 Å². The molecule has 1 aromatic rings. The van der Waals surface area contributed by atoms with E-state index >= 15 is 0 Å². The second-order valence-corrected chi connectivity index (χ2v) is 13.2. The van der Waals surface area contributed by atoms with Gasteiger partial charge in [0.25, 0.3) is 0 Å². The van der Waals surface area contributed by atoms with Gasteiger partial charge in [0.05, 0.1) is 0 Å². The summed E-state index contributed by atoms with van der Waals surface area (Å²) in [6.07, 6.45) is 0. The van der Waals surface area contributed by atoms with Crippen LogP contribution in [0.25, 0.3) is 0 Å². The van der Waals surface area contributed by atoms with Crippen LogP contribution in [0.2, 0.25) is 0 Å². The number of benzene rings is 1. The van der Waals surface area contributed by atoms with E-state index in [1.54, 1.807) is 0 Å². The molecule has 1 unspecified atom stereocenters. The number of rotatable bonds is 2. The van der Waals surface area contributed by atoms with Gasteiger partial charge in [-0.05, 0) is 0 Å². The molecule has 0 aliphatic heterocycles. The van der Waals surface area contributed by atoms with E-state index in [2.05, 4.69) is 53.2 Å². The van der Waals surface area contributed by atoms with E-state index in [-0.39, 0.29) is 0 Å². The van der Waals surface area contributed by atoms with Gasteiger partial charge in [-0.25, -0.2) is 0 Å². The molecule has 0 aliphatic carbocycles. The Labute approximate surface area is 87.1 Å². The van der Waals surface area contributed by atoms with Gasteiger partial charge in [0.15, 0.2) is 0 Å². The molecule has 0 aromatic heterocycles. The summed E-state index contributed by atoms with van der Waals surface area (Å²) in [4.78, 5) is 0. The van der Waals surface area contributed by atoms with Crippen molar-refractivity contribution in [1.82, 2.24) is 0 Å². The minimum absolute atomic E-state index is 0.600. The zero-order valence-electron chi connectivity index (χ0n) is 7.27. The Balaban J connectivity index is 3.07. The third-order valence-electron chi connectivity index (χ3n) is 1.83. The Morgan fingerprint density at radius 2 is 1.75 bits per heavy atom. The van der Waals surface area contributed by atoms with E-state index in [4.69, 9.17) is 12.2 Å². The van der Waals surface area contributed by atoms with Crippen LogP contribution in [0.1, 0.15) is 13.8 Å². The molecule has 12 heavy (non-hydrogen) atoms. The molecule has 0 nitrogen and oxygen atoms in total. The second kappa shape index (κ2) is 4.15. The van der Waals surface area contributed by atoms with Gasteiger partial charge in [0.1, 0.15) is 0 Å². The van der Waals surface area contributed by atoms with Crippen LogP contribution in [0, 0.1) is 0 Å². The summed E-state index contributed by atoms with van der Waals surface area (Å²) in [5.74, 6) is 0. The standard InChI is InChI=1S/C9H13PSSe/c1-8(2)10(11,12)9-6-4-3-5-7-9/h3-8H,1-2H3,(H,11,12). The van der Waals surface area contributed by atoms with E-state index in [0.717, 1.165) is 0 Å². The van der Waals surface area contributed by atoms with Gasteiger partial charge in [0, 0.05) is 0 Å². The fraction of sp³-hybridized carbons (Fsp3) is 0.333. The summed E-state index contributed by atoms with van der Waals surface area (Å²) < 4.78 is -1.30. The van der Waals surface area contributed by atoms with Crippen molar-refractivity contribution < 1.29 is 0 Å². The molecule has 0 N–H and O–H groups in total. The zero-order chi connectivity index (χ0) is 9.19. The van der Waals surface area contributed by atoms with E-state index in [0.29, 0.717) is 5.66 Å². The Hall–Kier alpha value is 0.519. The molecular weight excluding hydrogens is 250 g/mol. The van der Waals surface area contributed by atoms with Crippen molar-refractivity contribution in [3.05, 3.63) is 30.3 Å². The topological polar surface area (TPSA) is 0 Å². The summed E-state index contributed by atoms with van der Waals surface area (Å²) in [6, 6.07) is 10.5. The molecule has 0 heterocycles. The van der Waals surface area contributed by atoms with Crippen LogP contribution in [0.4, 0.5) is 0 Å². The summed E-state index contributed by atoms with van der Waals surface area (Å²) in [5.41, 5.74) is 0.600.